The van der Waals surface area contributed by atoms with Gasteiger partial charge in [0.05, 0.1) is 0 Å². The van der Waals surface area contributed by atoms with Gasteiger partial charge in [-0.25, -0.2) is 4.79 Å². The van der Waals surface area contributed by atoms with E-state index in [4.69, 9.17) is 5.11 Å². The molecule has 0 aromatic rings. The van der Waals surface area contributed by atoms with Gasteiger partial charge in [-0.15, -0.1) is 0 Å². The fraction of sp³-hybridized carbons (Fsp3) is 0.917. The summed E-state index contributed by atoms with van der Waals surface area (Å²) in [4.78, 5) is 16.1. The number of nitrogens with zero attached hydrogens (tertiary/aromatic N) is 2. The van der Waals surface area contributed by atoms with Crippen LogP contribution >= 0.6 is 0 Å². The van der Waals surface area contributed by atoms with Crippen molar-refractivity contribution < 1.29 is 9.90 Å². The molecular formula is C12H22N2O2. The Kier molecular flexibility index (Phi) is 4.04. The van der Waals surface area contributed by atoms with E-state index in [9.17, 15) is 4.79 Å². The van der Waals surface area contributed by atoms with Crippen molar-refractivity contribution in [3.05, 3.63) is 0 Å². The summed E-state index contributed by atoms with van der Waals surface area (Å²) in [6.07, 6.45) is 5.39. The molecule has 2 rings (SSSR count). The Morgan fingerprint density at radius 1 is 1.12 bits per heavy atom. The van der Waals surface area contributed by atoms with Gasteiger partial charge in [0.1, 0.15) is 0 Å². The predicted molar refractivity (Wildman–Crippen MR) is 62.2 cm³/mol. The minimum absolute atomic E-state index is 0.222. The van der Waals surface area contributed by atoms with Gasteiger partial charge in [-0.1, -0.05) is 0 Å². The van der Waals surface area contributed by atoms with Gasteiger partial charge >= 0.3 is 6.03 Å². The summed E-state index contributed by atoms with van der Waals surface area (Å²) >= 11 is 0. The van der Waals surface area contributed by atoms with Crippen LogP contribution < -0.4 is 0 Å². The second kappa shape index (κ2) is 5.53. The van der Waals surface area contributed by atoms with Crippen LogP contribution in [0.15, 0.2) is 0 Å². The first kappa shape index (κ1) is 11.7. The minimum Gasteiger partial charge on any atom is -0.396 e. The maximum absolute atomic E-state index is 12.1. The number of carbonyl (C=O) groups excluding carboxylic acids is 1. The zero-order valence-electron chi connectivity index (χ0n) is 9.90. The lowest BCUT2D eigenvalue weighted by molar-refractivity contribution is 0.126. The standard InChI is InChI=1S/C12H22N2O2/c15-9-5-11-4-3-8-14(10-11)12(16)13-6-1-2-7-13/h11,15H,1-10H2. The molecule has 2 fully saturated rings. The van der Waals surface area contributed by atoms with Crippen LogP contribution in [0.4, 0.5) is 4.79 Å². The fourth-order valence-corrected chi connectivity index (χ4v) is 2.77. The number of urea groups is 1. The van der Waals surface area contributed by atoms with Crippen molar-refractivity contribution in [1.82, 2.24) is 9.80 Å². The number of hydrogen-bond acceptors (Lipinski definition) is 2. The zero-order chi connectivity index (χ0) is 11.4. The van der Waals surface area contributed by atoms with E-state index in [-0.39, 0.29) is 12.6 Å². The molecule has 1 atom stereocenters. The molecule has 16 heavy (non-hydrogen) atoms. The van der Waals surface area contributed by atoms with Gasteiger partial charge in [0, 0.05) is 32.8 Å². The molecule has 0 saturated carbocycles. The van der Waals surface area contributed by atoms with Gasteiger partial charge in [0.2, 0.25) is 0 Å². The molecule has 1 unspecified atom stereocenters. The lowest BCUT2D eigenvalue weighted by Gasteiger charge is -2.35. The largest absolute Gasteiger partial charge is 0.396 e. The van der Waals surface area contributed by atoms with E-state index < -0.39 is 0 Å². The third-order valence-electron chi connectivity index (χ3n) is 3.70. The lowest BCUT2D eigenvalue weighted by Crippen LogP contribution is -2.46. The van der Waals surface area contributed by atoms with Crippen molar-refractivity contribution in [2.45, 2.75) is 32.1 Å². The maximum Gasteiger partial charge on any atom is 0.320 e. The number of carbonyl (C=O) groups is 1. The Balaban J connectivity index is 1.85. The molecule has 0 bridgehead atoms. The first-order chi connectivity index (χ1) is 7.81. The molecular weight excluding hydrogens is 204 g/mol. The summed E-state index contributed by atoms with van der Waals surface area (Å²) in [7, 11) is 0. The van der Waals surface area contributed by atoms with Gasteiger partial charge in [-0.3, -0.25) is 0 Å². The summed E-state index contributed by atoms with van der Waals surface area (Å²) in [5.74, 6) is 0.505. The van der Waals surface area contributed by atoms with Crippen LogP contribution in [0.2, 0.25) is 0 Å². The van der Waals surface area contributed by atoms with Gasteiger partial charge in [-0.2, -0.15) is 0 Å². The number of aliphatic hydroxyl groups excluding tert-OH is 1. The highest BCUT2D eigenvalue weighted by Crippen LogP contribution is 2.21. The first-order valence-corrected chi connectivity index (χ1v) is 6.46. The van der Waals surface area contributed by atoms with Gasteiger partial charge in [-0.05, 0) is 38.0 Å². The summed E-state index contributed by atoms with van der Waals surface area (Å²) in [5.41, 5.74) is 0. The van der Waals surface area contributed by atoms with Gasteiger partial charge < -0.3 is 14.9 Å². The molecule has 1 N–H and O–H groups in total. The Morgan fingerprint density at radius 2 is 1.81 bits per heavy atom. The lowest BCUT2D eigenvalue weighted by atomic mass is 9.95. The van der Waals surface area contributed by atoms with Crippen molar-refractivity contribution in [2.75, 3.05) is 32.8 Å². The summed E-state index contributed by atoms with van der Waals surface area (Å²) in [5, 5.41) is 8.94. The van der Waals surface area contributed by atoms with E-state index in [2.05, 4.69) is 0 Å². The topological polar surface area (TPSA) is 43.8 Å². The highest BCUT2D eigenvalue weighted by Gasteiger charge is 2.27. The van der Waals surface area contributed by atoms with Crippen LogP contribution in [0.3, 0.4) is 0 Å². The summed E-state index contributed by atoms with van der Waals surface area (Å²) in [6.45, 7) is 3.85. The van der Waals surface area contributed by atoms with Crippen molar-refractivity contribution in [3.8, 4) is 0 Å². The highest BCUT2D eigenvalue weighted by atomic mass is 16.3. The maximum atomic E-state index is 12.1. The molecule has 2 aliphatic heterocycles. The molecule has 0 aromatic carbocycles. The molecule has 2 amide bonds. The van der Waals surface area contributed by atoms with Crippen LogP contribution in [-0.2, 0) is 0 Å². The Morgan fingerprint density at radius 3 is 2.50 bits per heavy atom. The first-order valence-electron chi connectivity index (χ1n) is 6.46. The molecule has 0 aliphatic carbocycles. The van der Waals surface area contributed by atoms with Crippen molar-refractivity contribution >= 4 is 6.03 Å². The summed E-state index contributed by atoms with van der Waals surface area (Å²) < 4.78 is 0. The number of hydrogen-bond donors (Lipinski definition) is 1. The highest BCUT2D eigenvalue weighted by molar-refractivity contribution is 5.74. The van der Waals surface area contributed by atoms with Gasteiger partial charge in [0.15, 0.2) is 0 Å². The quantitative estimate of drug-likeness (QED) is 0.771. The molecule has 4 heteroatoms. The molecule has 2 aliphatic rings. The number of piperidine rings is 1. The van der Waals surface area contributed by atoms with E-state index in [0.29, 0.717) is 5.92 Å². The fourth-order valence-electron chi connectivity index (χ4n) is 2.77. The van der Waals surface area contributed by atoms with Gasteiger partial charge in [0.25, 0.3) is 0 Å². The molecule has 92 valence electrons. The van der Waals surface area contributed by atoms with Crippen LogP contribution in [0.25, 0.3) is 0 Å². The second-order valence-corrected chi connectivity index (χ2v) is 4.94. The molecule has 0 spiro atoms. The number of aliphatic hydroxyl groups is 1. The normalized spacial score (nSPS) is 26.2. The Labute approximate surface area is 97.2 Å². The van der Waals surface area contributed by atoms with Crippen molar-refractivity contribution in [1.29, 1.82) is 0 Å². The SMILES string of the molecule is O=C(N1CCCC1)N1CCCC(CCO)C1. The van der Waals surface area contributed by atoms with E-state index >= 15 is 0 Å². The monoisotopic (exact) mass is 226 g/mol. The molecule has 2 heterocycles. The van der Waals surface area contributed by atoms with Crippen molar-refractivity contribution in [2.24, 2.45) is 5.92 Å². The Bertz CT molecular complexity index is 237. The van der Waals surface area contributed by atoms with Crippen molar-refractivity contribution in [3.63, 3.8) is 0 Å². The number of rotatable bonds is 2. The molecule has 2 saturated heterocycles. The van der Waals surface area contributed by atoms with Crippen LogP contribution in [-0.4, -0.2) is 53.7 Å². The van der Waals surface area contributed by atoms with Crippen LogP contribution in [0.1, 0.15) is 32.1 Å². The molecule has 4 nitrogen and oxygen atoms in total. The average Bonchev–Trinajstić information content (AvgIpc) is 2.82. The molecule has 0 aromatic heterocycles. The van der Waals surface area contributed by atoms with Crippen LogP contribution in [0.5, 0.6) is 0 Å². The third-order valence-corrected chi connectivity index (χ3v) is 3.70. The Hall–Kier alpha value is -0.770. The second-order valence-electron chi connectivity index (χ2n) is 4.94. The molecule has 0 radical (unpaired) electrons. The number of amides is 2. The van der Waals surface area contributed by atoms with E-state index in [0.717, 1.165) is 58.3 Å². The smallest absolute Gasteiger partial charge is 0.320 e. The van der Waals surface area contributed by atoms with Crippen LogP contribution in [0, 0.1) is 5.92 Å². The predicted octanol–water partition coefficient (Wildman–Crippen LogP) is 1.30. The minimum atomic E-state index is 0.222. The average molecular weight is 226 g/mol. The zero-order valence-corrected chi connectivity index (χ0v) is 9.90. The van der Waals surface area contributed by atoms with E-state index in [1.807, 2.05) is 9.80 Å². The summed E-state index contributed by atoms with van der Waals surface area (Å²) in [6, 6.07) is 0.222. The third kappa shape index (κ3) is 2.67. The van der Waals surface area contributed by atoms with E-state index in [1.165, 1.54) is 0 Å². The number of likely N-dealkylation sites (tertiary alicyclic amines) is 2. The van der Waals surface area contributed by atoms with E-state index in [1.54, 1.807) is 0 Å².